The number of aromatic amines is 1. The maximum Gasteiger partial charge on any atom is 0.503 e. The molecule has 200 valence electrons. The van der Waals surface area contributed by atoms with Crippen molar-refractivity contribution < 1.29 is 52.7 Å². The molecule has 1 aliphatic heterocycles. The van der Waals surface area contributed by atoms with Crippen LogP contribution in [0.5, 0.6) is 0 Å². The third kappa shape index (κ3) is 8.00. The number of alkyl halides is 3. The van der Waals surface area contributed by atoms with Gasteiger partial charge in [-0.2, -0.15) is 13.2 Å². The van der Waals surface area contributed by atoms with Crippen molar-refractivity contribution in [3.8, 4) is 11.4 Å². The first-order valence-electron chi connectivity index (χ1n) is 9.54. The minimum atomic E-state index is -4.90. The molecule has 7 N–H and O–H groups in total. The molecule has 1 saturated heterocycles. The summed E-state index contributed by atoms with van der Waals surface area (Å²) in [6.45, 7) is 1.75. The highest BCUT2D eigenvalue weighted by Crippen LogP contribution is 2.36. The Morgan fingerprint density at radius 2 is 1.59 bits per heavy atom. The van der Waals surface area contributed by atoms with Crippen molar-refractivity contribution >= 4 is 46.8 Å². The van der Waals surface area contributed by atoms with Crippen LogP contribution in [0.1, 0.15) is 16.3 Å². The summed E-state index contributed by atoms with van der Waals surface area (Å²) in [5.41, 5.74) is 3.58. The molecule has 0 saturated carbocycles. The number of nitrogens with two attached hydrogens (primary N) is 1. The van der Waals surface area contributed by atoms with Gasteiger partial charge in [0.1, 0.15) is 0 Å². The fourth-order valence-electron chi connectivity index (χ4n) is 2.85. The van der Waals surface area contributed by atoms with Gasteiger partial charge in [-0.1, -0.05) is 0 Å². The van der Waals surface area contributed by atoms with Gasteiger partial charge in [-0.05, 0) is 11.6 Å². The van der Waals surface area contributed by atoms with Crippen molar-refractivity contribution in [2.75, 3.05) is 31.2 Å². The Morgan fingerprint density at radius 3 is 2.11 bits per heavy atom. The maximum atomic E-state index is 13.6. The molecule has 0 aromatic carbocycles. The Kier molecular flexibility index (Phi) is 9.27. The predicted molar refractivity (Wildman–Crippen MR) is 116 cm³/mol. The number of anilines is 1. The van der Waals surface area contributed by atoms with Crippen LogP contribution in [-0.4, -0.2) is 94.9 Å². The largest absolute Gasteiger partial charge is 0.503 e. The number of imidazole rings is 1. The van der Waals surface area contributed by atoms with E-state index >= 15 is 0 Å². The number of hydrogen-bond donors (Lipinski definition) is 6. The number of carboxylic acid groups (broad SMARTS) is 4. The van der Waals surface area contributed by atoms with Crippen LogP contribution in [0.25, 0.3) is 22.6 Å². The van der Waals surface area contributed by atoms with Gasteiger partial charge in [0.2, 0.25) is 11.1 Å². The molecule has 4 heterocycles. The number of halogens is 4. The quantitative estimate of drug-likeness (QED) is 0.254. The van der Waals surface area contributed by atoms with Gasteiger partial charge in [0.15, 0.2) is 28.5 Å². The van der Waals surface area contributed by atoms with Gasteiger partial charge in [0.25, 0.3) is 5.91 Å². The number of aromatic nitrogens is 6. The molecule has 0 spiro atoms. The van der Waals surface area contributed by atoms with E-state index in [9.17, 15) is 18.0 Å². The predicted octanol–water partition coefficient (Wildman–Crippen LogP) is 1.86. The molecule has 0 aliphatic carbocycles. The summed E-state index contributed by atoms with van der Waals surface area (Å²) in [6.07, 6.45) is -7.75. The Hall–Kier alpha value is -4.52. The average Bonchev–Trinajstić information content (AvgIpc) is 3.17. The van der Waals surface area contributed by atoms with Crippen molar-refractivity contribution in [1.82, 2.24) is 29.9 Å². The van der Waals surface area contributed by atoms with E-state index in [1.165, 1.54) is 0 Å². The third-order valence-corrected chi connectivity index (χ3v) is 4.31. The number of H-pyrrole nitrogens is 1. The van der Waals surface area contributed by atoms with Gasteiger partial charge in [0, 0.05) is 19.3 Å². The summed E-state index contributed by atoms with van der Waals surface area (Å²) in [6, 6.07) is 0. The van der Waals surface area contributed by atoms with Gasteiger partial charge < -0.3 is 40.8 Å². The number of ether oxygens (including phenoxy) is 1. The summed E-state index contributed by atoms with van der Waals surface area (Å²) in [4.78, 5) is 52.2. The molecule has 20 heteroatoms. The summed E-state index contributed by atoms with van der Waals surface area (Å²) < 4.78 is 46.1. The number of carbonyl (C=O) groups is 3. The lowest BCUT2D eigenvalue weighted by molar-refractivity contribution is -0.140. The zero-order chi connectivity index (χ0) is 27.9. The molecular formula is C17H16ClF3N8O8. The van der Waals surface area contributed by atoms with E-state index in [1.807, 2.05) is 0 Å². The van der Waals surface area contributed by atoms with Crippen molar-refractivity contribution in [2.24, 2.45) is 5.73 Å². The molecule has 16 nitrogen and oxygen atoms in total. The number of nitrogens with one attached hydrogen (secondary N) is 1. The smallest absolute Gasteiger partial charge is 0.450 e. The first kappa shape index (κ1) is 28.7. The number of fused-ring (bicyclic) bond motifs is 1. The second-order valence-electron chi connectivity index (χ2n) is 6.58. The van der Waals surface area contributed by atoms with Gasteiger partial charge >= 0.3 is 18.5 Å². The summed E-state index contributed by atoms with van der Waals surface area (Å²) in [5, 5.41) is 27.9. The first-order chi connectivity index (χ1) is 17.2. The number of amides is 1. The number of morpholine rings is 1. The average molecular weight is 553 g/mol. The molecule has 3 aromatic rings. The van der Waals surface area contributed by atoms with Crippen LogP contribution in [0.2, 0.25) is 5.28 Å². The molecule has 0 bridgehead atoms. The number of nitrogens with zero attached hydrogens (tertiary/aromatic N) is 6. The standard InChI is InChI=1S/C15H12ClF3N8O2.2CH2O3/c16-14-22-7-11(26-14)24-10(25-13(7)27-1-3-29-4-2-27)6-5-21-12(9(20)28)23-8(6)15(17,18)19;2*2-1(3)4/h5H,1-4H2,(H2,20,28)(H,22,24,25,26);2*(H2,2,3,4). The summed E-state index contributed by atoms with van der Waals surface area (Å²) >= 11 is 5.92. The van der Waals surface area contributed by atoms with E-state index in [4.69, 9.17) is 52.1 Å². The van der Waals surface area contributed by atoms with Crippen LogP contribution < -0.4 is 10.6 Å². The molecular weight excluding hydrogens is 537 g/mol. The van der Waals surface area contributed by atoms with Crippen molar-refractivity contribution in [3.63, 3.8) is 0 Å². The van der Waals surface area contributed by atoms with E-state index in [0.29, 0.717) is 37.6 Å². The first-order valence-corrected chi connectivity index (χ1v) is 9.92. The fraction of sp³-hybridized carbons (Fsp3) is 0.294. The zero-order valence-electron chi connectivity index (χ0n) is 18.1. The molecule has 0 atom stereocenters. The molecule has 1 aliphatic rings. The second kappa shape index (κ2) is 11.9. The topological polar surface area (TPSA) is 251 Å². The molecule has 1 amide bonds. The summed E-state index contributed by atoms with van der Waals surface area (Å²) in [5.74, 6) is -1.96. The molecule has 3 aromatic heterocycles. The van der Waals surface area contributed by atoms with Gasteiger partial charge in [0.05, 0.1) is 18.8 Å². The van der Waals surface area contributed by atoms with E-state index in [-0.39, 0.29) is 16.8 Å². The van der Waals surface area contributed by atoms with E-state index < -0.39 is 41.5 Å². The minimum Gasteiger partial charge on any atom is -0.450 e. The van der Waals surface area contributed by atoms with E-state index in [2.05, 4.69) is 29.9 Å². The third-order valence-electron chi connectivity index (χ3n) is 4.13. The Balaban J connectivity index is 0.000000530. The number of hydrogen-bond acceptors (Lipinski definition) is 10. The summed E-state index contributed by atoms with van der Waals surface area (Å²) in [7, 11) is 0. The highest BCUT2D eigenvalue weighted by Gasteiger charge is 2.38. The lowest BCUT2D eigenvalue weighted by atomic mass is 10.2. The van der Waals surface area contributed by atoms with Crippen LogP contribution in [0.4, 0.5) is 28.6 Å². The van der Waals surface area contributed by atoms with Crippen molar-refractivity contribution in [3.05, 3.63) is 23.0 Å². The lowest BCUT2D eigenvalue weighted by Gasteiger charge is -2.28. The maximum absolute atomic E-state index is 13.6. The lowest BCUT2D eigenvalue weighted by Crippen LogP contribution is -2.37. The number of carbonyl (C=O) groups excluding carboxylic acids is 1. The van der Waals surface area contributed by atoms with E-state index in [1.54, 1.807) is 4.90 Å². The SMILES string of the molecule is NC(=O)c1ncc(-c2nc(N3CCOCC3)c3nc(Cl)[nH]c3n2)c(C(F)(F)F)n1.O=C(O)O.O=C(O)O. The van der Waals surface area contributed by atoms with Crippen LogP contribution in [-0.2, 0) is 10.9 Å². The van der Waals surface area contributed by atoms with Gasteiger partial charge in [-0.25, -0.2) is 34.5 Å². The Labute approximate surface area is 207 Å². The molecule has 4 rings (SSSR count). The molecule has 1 fully saturated rings. The number of primary amides is 1. The van der Waals surface area contributed by atoms with Crippen molar-refractivity contribution in [2.45, 2.75) is 6.18 Å². The van der Waals surface area contributed by atoms with Crippen LogP contribution in [0.15, 0.2) is 6.20 Å². The number of rotatable bonds is 3. The Morgan fingerprint density at radius 1 is 1.03 bits per heavy atom. The fourth-order valence-corrected chi connectivity index (χ4v) is 3.03. The van der Waals surface area contributed by atoms with E-state index in [0.717, 1.165) is 6.20 Å². The van der Waals surface area contributed by atoms with Crippen LogP contribution >= 0.6 is 11.6 Å². The van der Waals surface area contributed by atoms with Gasteiger partial charge in [-0.3, -0.25) is 4.79 Å². The normalized spacial score (nSPS) is 13.1. The minimum absolute atomic E-state index is 0.0114. The van der Waals surface area contributed by atoms with Gasteiger partial charge in [-0.15, -0.1) is 0 Å². The van der Waals surface area contributed by atoms with Crippen LogP contribution in [0, 0.1) is 0 Å². The molecule has 0 unspecified atom stereocenters. The molecule has 37 heavy (non-hydrogen) atoms. The van der Waals surface area contributed by atoms with Crippen LogP contribution in [0.3, 0.4) is 0 Å². The molecule has 0 radical (unpaired) electrons. The monoisotopic (exact) mass is 552 g/mol. The Bertz CT molecular complexity index is 1280. The van der Waals surface area contributed by atoms with Crippen molar-refractivity contribution in [1.29, 1.82) is 0 Å². The highest BCUT2D eigenvalue weighted by atomic mass is 35.5. The second-order valence-corrected chi connectivity index (χ2v) is 6.94. The highest BCUT2D eigenvalue weighted by molar-refractivity contribution is 6.29. The zero-order valence-corrected chi connectivity index (χ0v) is 18.9.